The largest absolute Gasteiger partial charge is 0.291 e. The maximum absolute atomic E-state index is 4.14. The maximum atomic E-state index is 4.14. The van der Waals surface area contributed by atoms with Crippen molar-refractivity contribution in [2.24, 2.45) is 4.99 Å². The Bertz CT molecular complexity index is 250. The van der Waals surface area contributed by atoms with Crippen LogP contribution >= 0.6 is 0 Å². The SMILES string of the molecule is C1=NCCCc2n[nH]nc21. The van der Waals surface area contributed by atoms with E-state index in [2.05, 4.69) is 20.4 Å². The van der Waals surface area contributed by atoms with E-state index >= 15 is 0 Å². The molecule has 0 saturated heterocycles. The summed E-state index contributed by atoms with van der Waals surface area (Å²) in [5.74, 6) is 0. The van der Waals surface area contributed by atoms with Gasteiger partial charge in [-0.25, -0.2) is 0 Å². The molecular formula is C6H8N4. The van der Waals surface area contributed by atoms with Crippen LogP contribution in [0.3, 0.4) is 0 Å². The van der Waals surface area contributed by atoms with Gasteiger partial charge >= 0.3 is 0 Å². The van der Waals surface area contributed by atoms with E-state index < -0.39 is 0 Å². The number of hydrogen-bond donors (Lipinski definition) is 1. The van der Waals surface area contributed by atoms with E-state index in [1.807, 2.05) is 0 Å². The van der Waals surface area contributed by atoms with Crippen molar-refractivity contribution in [3.8, 4) is 0 Å². The lowest BCUT2D eigenvalue weighted by molar-refractivity contribution is 0.807. The molecule has 0 aromatic carbocycles. The highest BCUT2D eigenvalue weighted by Crippen LogP contribution is 2.05. The van der Waals surface area contributed by atoms with E-state index in [0.29, 0.717) is 0 Å². The maximum Gasteiger partial charge on any atom is 0.126 e. The first kappa shape index (κ1) is 5.58. The summed E-state index contributed by atoms with van der Waals surface area (Å²) >= 11 is 0. The number of hydrogen-bond acceptors (Lipinski definition) is 3. The molecule has 4 heteroatoms. The summed E-state index contributed by atoms with van der Waals surface area (Å²) in [6, 6.07) is 0. The Morgan fingerprint density at radius 2 is 2.40 bits per heavy atom. The van der Waals surface area contributed by atoms with Crippen molar-refractivity contribution < 1.29 is 0 Å². The molecule has 0 amide bonds. The number of H-pyrrole nitrogens is 1. The van der Waals surface area contributed by atoms with Gasteiger partial charge < -0.3 is 0 Å². The Balaban J connectivity index is 2.42. The quantitative estimate of drug-likeness (QED) is 0.552. The molecule has 1 aliphatic rings. The number of rotatable bonds is 0. The summed E-state index contributed by atoms with van der Waals surface area (Å²) in [5.41, 5.74) is 1.94. The van der Waals surface area contributed by atoms with Gasteiger partial charge in [0.25, 0.3) is 0 Å². The fourth-order valence-electron chi connectivity index (χ4n) is 1.04. The predicted molar refractivity (Wildman–Crippen MR) is 37.2 cm³/mol. The average Bonchev–Trinajstić information content (AvgIpc) is 2.28. The molecule has 0 atom stereocenters. The highest BCUT2D eigenvalue weighted by atomic mass is 15.3. The van der Waals surface area contributed by atoms with Crippen LogP contribution < -0.4 is 0 Å². The van der Waals surface area contributed by atoms with Gasteiger partial charge in [0.1, 0.15) is 5.69 Å². The van der Waals surface area contributed by atoms with Gasteiger partial charge in [0, 0.05) is 6.54 Å². The second kappa shape index (κ2) is 2.21. The van der Waals surface area contributed by atoms with E-state index in [1.54, 1.807) is 6.21 Å². The Labute approximate surface area is 58.4 Å². The number of nitrogens with one attached hydrogen (secondary N) is 1. The Morgan fingerprint density at radius 1 is 1.40 bits per heavy atom. The van der Waals surface area contributed by atoms with E-state index in [-0.39, 0.29) is 0 Å². The summed E-state index contributed by atoms with van der Waals surface area (Å²) in [6.45, 7) is 0.901. The number of aromatic amines is 1. The minimum atomic E-state index is 0.900. The van der Waals surface area contributed by atoms with Crippen LogP contribution in [0.1, 0.15) is 17.8 Å². The average molecular weight is 136 g/mol. The van der Waals surface area contributed by atoms with Crippen LogP contribution in [0.2, 0.25) is 0 Å². The summed E-state index contributed by atoms with van der Waals surface area (Å²) in [4.78, 5) is 4.14. The Kier molecular flexibility index (Phi) is 1.23. The molecule has 0 saturated carbocycles. The van der Waals surface area contributed by atoms with Crippen LogP contribution in [0.25, 0.3) is 0 Å². The van der Waals surface area contributed by atoms with Gasteiger partial charge in [-0.2, -0.15) is 15.4 Å². The molecule has 0 fully saturated rings. The van der Waals surface area contributed by atoms with Crippen LogP contribution in [-0.4, -0.2) is 28.2 Å². The molecule has 1 N–H and O–H groups in total. The molecule has 1 aromatic rings. The van der Waals surface area contributed by atoms with Gasteiger partial charge in [-0.1, -0.05) is 0 Å². The third-order valence-electron chi connectivity index (χ3n) is 1.57. The Morgan fingerprint density at radius 3 is 3.40 bits per heavy atom. The lowest BCUT2D eigenvalue weighted by atomic mass is 10.2. The van der Waals surface area contributed by atoms with Gasteiger partial charge in [-0.15, -0.1) is 0 Å². The fraction of sp³-hybridized carbons (Fsp3) is 0.500. The fourth-order valence-corrected chi connectivity index (χ4v) is 1.04. The number of nitrogens with zero attached hydrogens (tertiary/aromatic N) is 3. The zero-order valence-electron chi connectivity index (χ0n) is 5.54. The molecule has 2 heterocycles. The molecule has 2 rings (SSSR count). The van der Waals surface area contributed by atoms with Crippen LogP contribution in [0.15, 0.2) is 4.99 Å². The second-order valence-electron chi connectivity index (χ2n) is 2.29. The number of aromatic nitrogens is 3. The van der Waals surface area contributed by atoms with Crippen LogP contribution in [-0.2, 0) is 6.42 Å². The zero-order chi connectivity index (χ0) is 6.81. The van der Waals surface area contributed by atoms with Crippen molar-refractivity contribution in [3.63, 3.8) is 0 Å². The van der Waals surface area contributed by atoms with Gasteiger partial charge in [-0.05, 0) is 12.8 Å². The monoisotopic (exact) mass is 136 g/mol. The predicted octanol–water partition coefficient (Wildman–Crippen LogP) is 0.170. The van der Waals surface area contributed by atoms with Crippen molar-refractivity contribution >= 4 is 6.21 Å². The minimum Gasteiger partial charge on any atom is -0.291 e. The summed E-state index contributed by atoms with van der Waals surface area (Å²) in [6.07, 6.45) is 3.85. The van der Waals surface area contributed by atoms with Crippen LogP contribution in [0.5, 0.6) is 0 Å². The topological polar surface area (TPSA) is 53.9 Å². The molecule has 1 aliphatic heterocycles. The third-order valence-corrected chi connectivity index (χ3v) is 1.57. The van der Waals surface area contributed by atoms with E-state index in [1.165, 1.54) is 0 Å². The van der Waals surface area contributed by atoms with Gasteiger partial charge in [0.05, 0.1) is 11.9 Å². The smallest absolute Gasteiger partial charge is 0.126 e. The highest BCUT2D eigenvalue weighted by Gasteiger charge is 2.06. The molecule has 0 spiro atoms. The molecule has 0 aliphatic carbocycles. The summed E-state index contributed by atoms with van der Waals surface area (Å²) in [5, 5.41) is 10.5. The second-order valence-corrected chi connectivity index (χ2v) is 2.29. The van der Waals surface area contributed by atoms with Crippen molar-refractivity contribution in [1.29, 1.82) is 0 Å². The van der Waals surface area contributed by atoms with E-state index in [9.17, 15) is 0 Å². The molecule has 0 unspecified atom stereocenters. The van der Waals surface area contributed by atoms with Crippen LogP contribution in [0, 0.1) is 0 Å². The lowest BCUT2D eigenvalue weighted by Crippen LogP contribution is -1.88. The first-order chi connectivity index (χ1) is 4.97. The minimum absolute atomic E-state index is 0.900. The third kappa shape index (κ3) is 0.814. The molecule has 4 nitrogen and oxygen atoms in total. The van der Waals surface area contributed by atoms with E-state index in [4.69, 9.17) is 0 Å². The summed E-state index contributed by atoms with van der Waals surface area (Å²) in [7, 11) is 0. The van der Waals surface area contributed by atoms with Gasteiger partial charge in [0.15, 0.2) is 0 Å². The van der Waals surface area contributed by atoms with Crippen molar-refractivity contribution in [3.05, 3.63) is 11.4 Å². The Hall–Kier alpha value is -1.19. The van der Waals surface area contributed by atoms with Gasteiger partial charge in [0.2, 0.25) is 0 Å². The number of fused-ring (bicyclic) bond motifs is 1. The molecule has 0 radical (unpaired) electrons. The molecular weight excluding hydrogens is 128 g/mol. The molecule has 10 heavy (non-hydrogen) atoms. The van der Waals surface area contributed by atoms with Crippen molar-refractivity contribution in [2.45, 2.75) is 12.8 Å². The van der Waals surface area contributed by atoms with Crippen molar-refractivity contribution in [1.82, 2.24) is 15.4 Å². The number of aliphatic imine (C=N–C) groups is 1. The standard InChI is InChI=1S/C6H8N4/c1-2-5-6(4-7-3-1)9-10-8-5/h4H,1-3H2,(H,8,9,10). The summed E-state index contributed by atoms with van der Waals surface area (Å²) < 4.78 is 0. The molecule has 0 bridgehead atoms. The first-order valence-electron chi connectivity index (χ1n) is 3.36. The lowest BCUT2D eigenvalue weighted by Gasteiger charge is -1.87. The van der Waals surface area contributed by atoms with E-state index in [0.717, 1.165) is 30.8 Å². The molecule has 52 valence electrons. The number of aryl methyl sites for hydroxylation is 1. The van der Waals surface area contributed by atoms with Crippen molar-refractivity contribution in [2.75, 3.05) is 6.54 Å². The first-order valence-corrected chi connectivity index (χ1v) is 3.36. The molecule has 1 aromatic heterocycles. The van der Waals surface area contributed by atoms with Crippen LogP contribution in [0.4, 0.5) is 0 Å². The normalized spacial score (nSPS) is 16.4. The van der Waals surface area contributed by atoms with Gasteiger partial charge in [-0.3, -0.25) is 4.99 Å². The highest BCUT2D eigenvalue weighted by molar-refractivity contribution is 5.78. The zero-order valence-corrected chi connectivity index (χ0v) is 5.54.